The van der Waals surface area contributed by atoms with Crippen LogP contribution in [0.3, 0.4) is 0 Å². The molecule has 5 nitrogen and oxygen atoms in total. The summed E-state index contributed by atoms with van der Waals surface area (Å²) in [6, 6.07) is 2.50. The van der Waals surface area contributed by atoms with E-state index in [1.165, 1.54) is 12.8 Å². The first-order chi connectivity index (χ1) is 9.28. The molecule has 1 saturated heterocycles. The Hall–Kier alpha value is -0.990. The molecule has 1 saturated carbocycles. The summed E-state index contributed by atoms with van der Waals surface area (Å²) >= 11 is 0. The molecular formula is C14H24ClN3O2. The van der Waals surface area contributed by atoms with Crippen LogP contribution in [0.2, 0.25) is 0 Å². The molecule has 2 fully saturated rings. The number of halogens is 1. The van der Waals surface area contributed by atoms with Crippen molar-refractivity contribution in [3.63, 3.8) is 0 Å². The van der Waals surface area contributed by atoms with Gasteiger partial charge in [-0.15, -0.1) is 12.4 Å². The van der Waals surface area contributed by atoms with Crippen molar-refractivity contribution in [2.75, 3.05) is 26.2 Å². The number of hydrogen-bond donors (Lipinski definition) is 1. The Labute approximate surface area is 127 Å². The molecule has 6 heteroatoms. The van der Waals surface area contributed by atoms with Crippen LogP contribution in [0.5, 0.6) is 0 Å². The van der Waals surface area contributed by atoms with Crippen molar-refractivity contribution < 1.29 is 9.53 Å². The zero-order chi connectivity index (χ0) is 13.5. The molecule has 2 rings (SSSR count). The minimum atomic E-state index is -0.258. The normalized spacial score (nSPS) is 20.9. The fourth-order valence-corrected chi connectivity index (χ4v) is 2.88. The third-order valence-corrected chi connectivity index (χ3v) is 4.13. The van der Waals surface area contributed by atoms with Crippen molar-refractivity contribution >= 4 is 18.5 Å². The number of carbonyl (C=O) groups excluding carboxylic acids is 1. The molecule has 0 spiro atoms. The molecule has 1 N–H and O–H groups in total. The van der Waals surface area contributed by atoms with E-state index in [2.05, 4.69) is 16.3 Å². The molecule has 0 atom stereocenters. The predicted molar refractivity (Wildman–Crippen MR) is 78.8 cm³/mol. The van der Waals surface area contributed by atoms with Gasteiger partial charge in [-0.1, -0.05) is 12.8 Å². The van der Waals surface area contributed by atoms with Gasteiger partial charge >= 0.3 is 6.09 Å². The van der Waals surface area contributed by atoms with Gasteiger partial charge in [-0.3, -0.25) is 4.90 Å². The van der Waals surface area contributed by atoms with E-state index >= 15 is 0 Å². The second-order valence-corrected chi connectivity index (χ2v) is 5.60. The van der Waals surface area contributed by atoms with Gasteiger partial charge < -0.3 is 10.1 Å². The van der Waals surface area contributed by atoms with E-state index in [1.807, 2.05) is 0 Å². The average Bonchev–Trinajstić information content (AvgIpc) is 2.91. The smallest absolute Gasteiger partial charge is 0.407 e. The van der Waals surface area contributed by atoms with Gasteiger partial charge in [0.25, 0.3) is 0 Å². The number of alkyl carbamates (subject to hydrolysis) is 1. The van der Waals surface area contributed by atoms with Crippen LogP contribution < -0.4 is 5.32 Å². The first-order valence-electron chi connectivity index (χ1n) is 7.30. The first-order valence-corrected chi connectivity index (χ1v) is 7.30. The van der Waals surface area contributed by atoms with Gasteiger partial charge in [0.2, 0.25) is 0 Å². The molecule has 1 aliphatic heterocycles. The number of rotatable bonds is 4. The van der Waals surface area contributed by atoms with E-state index in [-0.39, 0.29) is 18.5 Å². The van der Waals surface area contributed by atoms with Crippen LogP contribution in [0.15, 0.2) is 0 Å². The molecule has 0 radical (unpaired) electrons. The highest BCUT2D eigenvalue weighted by molar-refractivity contribution is 5.85. The van der Waals surface area contributed by atoms with Crippen LogP contribution in [0.25, 0.3) is 0 Å². The molecule has 1 heterocycles. The molecule has 2 aliphatic rings. The highest BCUT2D eigenvalue weighted by Gasteiger charge is 2.21. The van der Waals surface area contributed by atoms with Crippen LogP contribution in [-0.4, -0.2) is 43.3 Å². The maximum Gasteiger partial charge on any atom is 0.407 e. The number of nitrogens with zero attached hydrogens (tertiary/aromatic N) is 2. The quantitative estimate of drug-likeness (QED) is 0.809. The maximum atomic E-state index is 11.6. The van der Waals surface area contributed by atoms with Crippen molar-refractivity contribution in [2.24, 2.45) is 5.92 Å². The zero-order valence-corrected chi connectivity index (χ0v) is 12.7. The summed E-state index contributed by atoms with van der Waals surface area (Å²) in [5, 5.41) is 11.6. The van der Waals surface area contributed by atoms with Crippen molar-refractivity contribution in [1.29, 1.82) is 5.26 Å². The Balaban J connectivity index is 0.00000200. The Morgan fingerprint density at radius 1 is 1.25 bits per heavy atom. The fourth-order valence-electron chi connectivity index (χ4n) is 2.88. The largest absolute Gasteiger partial charge is 0.449 e. The molecule has 1 amide bonds. The number of nitriles is 1. The van der Waals surface area contributed by atoms with E-state index in [9.17, 15) is 4.79 Å². The molecule has 1 aliphatic carbocycles. The summed E-state index contributed by atoms with van der Waals surface area (Å²) in [4.78, 5) is 13.8. The lowest BCUT2D eigenvalue weighted by Crippen LogP contribution is -2.37. The number of hydrogen-bond acceptors (Lipinski definition) is 4. The predicted octanol–water partition coefficient (Wildman–Crippen LogP) is 2.31. The highest BCUT2D eigenvalue weighted by atomic mass is 35.5. The van der Waals surface area contributed by atoms with Crippen LogP contribution >= 0.6 is 12.4 Å². The van der Waals surface area contributed by atoms with Crippen molar-refractivity contribution in [3.05, 3.63) is 0 Å². The fraction of sp³-hybridized carbons (Fsp3) is 0.857. The van der Waals surface area contributed by atoms with Gasteiger partial charge in [0.1, 0.15) is 0 Å². The maximum absolute atomic E-state index is 11.6. The van der Waals surface area contributed by atoms with Gasteiger partial charge in [0.05, 0.1) is 19.2 Å². The second-order valence-electron chi connectivity index (χ2n) is 5.60. The van der Waals surface area contributed by atoms with Gasteiger partial charge in [0.15, 0.2) is 0 Å². The second kappa shape index (κ2) is 9.04. The topological polar surface area (TPSA) is 65.4 Å². The Kier molecular flexibility index (Phi) is 7.71. The number of likely N-dealkylation sites (tertiary alicyclic amines) is 1. The molecule has 0 unspecified atom stereocenters. The number of carbonyl (C=O) groups is 1. The summed E-state index contributed by atoms with van der Waals surface area (Å²) in [6.45, 7) is 2.90. The van der Waals surface area contributed by atoms with Gasteiger partial charge in [-0.05, 0) is 44.7 Å². The monoisotopic (exact) mass is 301 g/mol. The summed E-state index contributed by atoms with van der Waals surface area (Å²) in [7, 11) is 0. The lowest BCUT2D eigenvalue weighted by atomic mass is 9.98. The molecule has 0 aromatic carbocycles. The summed E-state index contributed by atoms with van der Waals surface area (Å²) in [6.07, 6.45) is 6.36. The van der Waals surface area contributed by atoms with E-state index < -0.39 is 0 Å². The lowest BCUT2D eigenvalue weighted by molar-refractivity contribution is 0.0976. The molecule has 114 valence electrons. The van der Waals surface area contributed by atoms with Crippen molar-refractivity contribution in [3.8, 4) is 6.07 Å². The van der Waals surface area contributed by atoms with Crippen LogP contribution in [0.1, 0.15) is 38.5 Å². The van der Waals surface area contributed by atoms with E-state index in [4.69, 9.17) is 10.00 Å². The van der Waals surface area contributed by atoms with Crippen LogP contribution in [-0.2, 0) is 4.74 Å². The van der Waals surface area contributed by atoms with Crippen LogP contribution in [0.4, 0.5) is 4.79 Å². The molecule has 0 aromatic heterocycles. The Morgan fingerprint density at radius 3 is 2.50 bits per heavy atom. The lowest BCUT2D eigenvalue weighted by Gasteiger charge is -2.29. The minimum absolute atomic E-state index is 0. The summed E-state index contributed by atoms with van der Waals surface area (Å²) < 4.78 is 5.31. The van der Waals surface area contributed by atoms with Crippen molar-refractivity contribution in [1.82, 2.24) is 10.2 Å². The molecular weight excluding hydrogens is 278 g/mol. The zero-order valence-electron chi connectivity index (χ0n) is 11.8. The third-order valence-electron chi connectivity index (χ3n) is 4.13. The number of piperidine rings is 1. The number of ether oxygens (including phenoxy) is 1. The van der Waals surface area contributed by atoms with Crippen LogP contribution in [0, 0.1) is 17.2 Å². The average molecular weight is 302 g/mol. The van der Waals surface area contributed by atoms with Gasteiger partial charge in [-0.2, -0.15) is 5.26 Å². The number of amides is 1. The number of nitrogens with one attached hydrogen (secondary N) is 1. The third kappa shape index (κ3) is 5.56. The Morgan fingerprint density at radius 2 is 1.90 bits per heavy atom. The molecule has 0 bridgehead atoms. The SMILES string of the molecule is Cl.N#CCN1CCC(COC(=O)NC2CCCC2)CC1. The van der Waals surface area contributed by atoms with E-state index in [0.29, 0.717) is 25.1 Å². The Bertz CT molecular complexity index is 332. The highest BCUT2D eigenvalue weighted by Crippen LogP contribution is 2.19. The van der Waals surface area contributed by atoms with Gasteiger partial charge in [-0.25, -0.2) is 4.79 Å². The molecule has 20 heavy (non-hydrogen) atoms. The first kappa shape index (κ1) is 17.1. The summed E-state index contributed by atoms with van der Waals surface area (Å²) in [5.41, 5.74) is 0. The van der Waals surface area contributed by atoms with Gasteiger partial charge in [0, 0.05) is 6.04 Å². The minimum Gasteiger partial charge on any atom is -0.449 e. The van der Waals surface area contributed by atoms with E-state index in [0.717, 1.165) is 38.8 Å². The summed E-state index contributed by atoms with van der Waals surface area (Å²) in [5.74, 6) is 0.448. The van der Waals surface area contributed by atoms with E-state index in [1.54, 1.807) is 0 Å². The molecule has 0 aromatic rings. The van der Waals surface area contributed by atoms with Crippen molar-refractivity contribution in [2.45, 2.75) is 44.6 Å². The standard InChI is InChI=1S/C14H23N3O2.ClH/c15-7-10-17-8-5-12(6-9-17)11-19-14(18)16-13-3-1-2-4-13;/h12-13H,1-6,8-11H2,(H,16,18);1H.